The maximum Gasteiger partial charge on any atom is 0.161 e. The third-order valence-electron chi connectivity index (χ3n) is 5.08. The Morgan fingerprint density at radius 1 is 0.906 bits per heavy atom. The Morgan fingerprint density at radius 3 is 2.47 bits per heavy atom. The van der Waals surface area contributed by atoms with Crippen molar-refractivity contribution >= 4 is 45.6 Å². The summed E-state index contributed by atoms with van der Waals surface area (Å²) in [5.41, 5.74) is 3.09. The Kier molecular flexibility index (Phi) is 6.66. The molecule has 32 heavy (non-hydrogen) atoms. The van der Waals surface area contributed by atoms with Crippen molar-refractivity contribution in [1.29, 1.82) is 5.26 Å². The monoisotopic (exact) mass is 459 g/mol. The maximum atomic E-state index is 9.75. The molecular formula is C27H19Cl2NO2. The van der Waals surface area contributed by atoms with Crippen LogP contribution in [0.5, 0.6) is 11.5 Å². The number of hydrogen-bond donors (Lipinski definition) is 0. The molecule has 0 radical (unpaired) electrons. The average Bonchev–Trinajstić information content (AvgIpc) is 2.82. The van der Waals surface area contributed by atoms with Crippen LogP contribution >= 0.6 is 23.2 Å². The van der Waals surface area contributed by atoms with Crippen LogP contribution in [-0.2, 0) is 6.61 Å². The second kappa shape index (κ2) is 9.78. The van der Waals surface area contributed by atoms with Crippen LogP contribution in [0.1, 0.15) is 16.7 Å². The number of fused-ring (bicyclic) bond motifs is 1. The first-order valence-corrected chi connectivity index (χ1v) is 10.7. The van der Waals surface area contributed by atoms with Crippen molar-refractivity contribution in [2.75, 3.05) is 7.11 Å². The molecule has 3 nitrogen and oxygen atoms in total. The second-order valence-electron chi connectivity index (χ2n) is 7.17. The SMILES string of the molecule is COc1cc(/C=C(/C#N)c2ccc3ccccc3c2)ccc1OCc1ccc(Cl)cc1Cl. The number of allylic oxidation sites excluding steroid dienone is 1. The van der Waals surface area contributed by atoms with Crippen LogP contribution in [0.4, 0.5) is 0 Å². The summed E-state index contributed by atoms with van der Waals surface area (Å²) in [5.74, 6) is 1.15. The molecule has 0 aliphatic rings. The molecule has 158 valence electrons. The number of methoxy groups -OCH3 is 1. The Hall–Kier alpha value is -3.45. The summed E-state index contributed by atoms with van der Waals surface area (Å²) in [7, 11) is 1.58. The van der Waals surface area contributed by atoms with Gasteiger partial charge in [-0.2, -0.15) is 5.26 Å². The van der Waals surface area contributed by atoms with Gasteiger partial charge < -0.3 is 9.47 Å². The molecule has 5 heteroatoms. The Balaban J connectivity index is 1.59. The lowest BCUT2D eigenvalue weighted by molar-refractivity contribution is 0.284. The maximum absolute atomic E-state index is 9.75. The van der Waals surface area contributed by atoms with Crippen LogP contribution in [-0.4, -0.2) is 7.11 Å². The fourth-order valence-electron chi connectivity index (χ4n) is 3.39. The van der Waals surface area contributed by atoms with E-state index in [0.717, 1.165) is 27.5 Å². The molecule has 0 fully saturated rings. The minimum atomic E-state index is 0.280. The molecule has 0 spiro atoms. The molecule has 0 saturated carbocycles. The summed E-state index contributed by atoms with van der Waals surface area (Å²) < 4.78 is 11.4. The van der Waals surface area contributed by atoms with E-state index in [2.05, 4.69) is 12.1 Å². The zero-order valence-corrected chi connectivity index (χ0v) is 18.8. The van der Waals surface area contributed by atoms with Crippen LogP contribution in [0.2, 0.25) is 10.0 Å². The van der Waals surface area contributed by atoms with Crippen molar-refractivity contribution in [2.45, 2.75) is 6.61 Å². The van der Waals surface area contributed by atoms with E-state index in [0.29, 0.717) is 27.1 Å². The molecule has 0 amide bonds. The van der Waals surface area contributed by atoms with Gasteiger partial charge in [-0.15, -0.1) is 0 Å². The van der Waals surface area contributed by atoms with E-state index in [1.54, 1.807) is 19.2 Å². The van der Waals surface area contributed by atoms with Gasteiger partial charge in [-0.05, 0) is 58.3 Å². The summed E-state index contributed by atoms with van der Waals surface area (Å²) in [6, 6.07) is 27.2. The molecule has 0 heterocycles. The minimum Gasteiger partial charge on any atom is -0.493 e. The van der Waals surface area contributed by atoms with Gasteiger partial charge in [0.2, 0.25) is 0 Å². The van der Waals surface area contributed by atoms with Crippen molar-refractivity contribution in [2.24, 2.45) is 0 Å². The number of benzene rings is 4. The van der Waals surface area contributed by atoms with Crippen LogP contribution < -0.4 is 9.47 Å². The zero-order valence-electron chi connectivity index (χ0n) is 17.3. The number of nitrogens with zero attached hydrogens (tertiary/aromatic N) is 1. The predicted molar refractivity (Wildman–Crippen MR) is 131 cm³/mol. The van der Waals surface area contributed by atoms with E-state index >= 15 is 0 Å². The highest BCUT2D eigenvalue weighted by atomic mass is 35.5. The van der Waals surface area contributed by atoms with Crippen molar-refractivity contribution in [3.05, 3.63) is 106 Å². The van der Waals surface area contributed by atoms with Crippen molar-refractivity contribution in [3.8, 4) is 17.6 Å². The summed E-state index contributed by atoms with van der Waals surface area (Å²) in [6.07, 6.45) is 1.84. The quantitative estimate of drug-likeness (QED) is 0.218. The van der Waals surface area contributed by atoms with Gasteiger partial charge >= 0.3 is 0 Å². The highest BCUT2D eigenvalue weighted by molar-refractivity contribution is 6.35. The third-order valence-corrected chi connectivity index (χ3v) is 5.66. The standard InChI is InChI=1S/C27H19Cl2NO2/c1-31-27-13-18(6-11-26(27)32-17-22-9-10-24(28)15-25(22)29)12-23(16-30)21-8-7-19-4-2-3-5-20(19)14-21/h2-15H,17H2,1H3/b23-12-. The second-order valence-corrected chi connectivity index (χ2v) is 8.01. The lowest BCUT2D eigenvalue weighted by atomic mass is 10.00. The molecule has 0 bridgehead atoms. The Labute approximate surface area is 197 Å². The van der Waals surface area contributed by atoms with E-state index in [4.69, 9.17) is 32.7 Å². The van der Waals surface area contributed by atoms with E-state index < -0.39 is 0 Å². The van der Waals surface area contributed by atoms with Gasteiger partial charge in [0.1, 0.15) is 6.61 Å². The van der Waals surface area contributed by atoms with Gasteiger partial charge in [0.05, 0.1) is 18.8 Å². The number of rotatable bonds is 6. The molecule has 4 aromatic carbocycles. The highest BCUT2D eigenvalue weighted by Gasteiger charge is 2.09. The van der Waals surface area contributed by atoms with E-state index in [-0.39, 0.29) is 6.61 Å². The van der Waals surface area contributed by atoms with E-state index in [1.165, 1.54) is 0 Å². The molecule has 4 aromatic rings. The molecule has 0 aliphatic heterocycles. The molecule has 0 N–H and O–H groups in total. The predicted octanol–water partition coefficient (Wildman–Crippen LogP) is 7.80. The highest BCUT2D eigenvalue weighted by Crippen LogP contribution is 2.32. The average molecular weight is 460 g/mol. The first-order valence-electron chi connectivity index (χ1n) is 9.93. The summed E-state index contributed by atoms with van der Waals surface area (Å²) in [5, 5.41) is 13.1. The smallest absolute Gasteiger partial charge is 0.161 e. The van der Waals surface area contributed by atoms with Gasteiger partial charge in [-0.25, -0.2) is 0 Å². The molecular weight excluding hydrogens is 441 g/mol. The largest absolute Gasteiger partial charge is 0.493 e. The van der Waals surface area contributed by atoms with Gasteiger partial charge in [0, 0.05) is 15.6 Å². The topological polar surface area (TPSA) is 42.2 Å². The molecule has 0 atom stereocenters. The Bertz CT molecular complexity index is 1360. The molecule has 4 rings (SSSR count). The Morgan fingerprint density at radius 2 is 1.72 bits per heavy atom. The molecule has 0 unspecified atom stereocenters. The van der Waals surface area contributed by atoms with Crippen LogP contribution in [0.15, 0.2) is 78.9 Å². The number of halogens is 2. The molecule has 0 aromatic heterocycles. The number of ether oxygens (including phenoxy) is 2. The summed E-state index contributed by atoms with van der Waals surface area (Å²) in [4.78, 5) is 0. The van der Waals surface area contributed by atoms with Crippen LogP contribution in [0.25, 0.3) is 22.4 Å². The van der Waals surface area contributed by atoms with Crippen molar-refractivity contribution < 1.29 is 9.47 Å². The number of nitriles is 1. The van der Waals surface area contributed by atoms with Crippen LogP contribution in [0, 0.1) is 11.3 Å². The van der Waals surface area contributed by atoms with Gasteiger partial charge in [0.15, 0.2) is 11.5 Å². The lowest BCUT2D eigenvalue weighted by Crippen LogP contribution is -1.98. The summed E-state index contributed by atoms with van der Waals surface area (Å²) in [6.45, 7) is 0.280. The normalized spacial score (nSPS) is 11.2. The van der Waals surface area contributed by atoms with E-state index in [1.807, 2.05) is 66.7 Å². The third kappa shape index (κ3) is 4.89. The molecule has 0 saturated heterocycles. The van der Waals surface area contributed by atoms with E-state index in [9.17, 15) is 5.26 Å². The minimum absolute atomic E-state index is 0.280. The van der Waals surface area contributed by atoms with Crippen molar-refractivity contribution in [1.82, 2.24) is 0 Å². The fourth-order valence-corrected chi connectivity index (χ4v) is 3.85. The zero-order chi connectivity index (χ0) is 22.5. The van der Waals surface area contributed by atoms with Crippen LogP contribution in [0.3, 0.4) is 0 Å². The van der Waals surface area contributed by atoms with Gasteiger partial charge in [0.25, 0.3) is 0 Å². The first-order chi connectivity index (χ1) is 15.6. The first kappa shape index (κ1) is 21.8. The van der Waals surface area contributed by atoms with Crippen molar-refractivity contribution in [3.63, 3.8) is 0 Å². The van der Waals surface area contributed by atoms with Gasteiger partial charge in [-0.3, -0.25) is 0 Å². The number of hydrogen-bond acceptors (Lipinski definition) is 3. The molecule has 0 aliphatic carbocycles. The fraction of sp³-hybridized carbons (Fsp3) is 0.0741. The lowest BCUT2D eigenvalue weighted by Gasteiger charge is -2.12. The van der Waals surface area contributed by atoms with Gasteiger partial charge in [-0.1, -0.05) is 71.7 Å². The summed E-state index contributed by atoms with van der Waals surface area (Å²) >= 11 is 12.2.